The topological polar surface area (TPSA) is 92.8 Å². The molecule has 0 aliphatic heterocycles. The second-order valence-electron chi connectivity index (χ2n) is 5.86. The highest BCUT2D eigenvalue weighted by atomic mass is 35.5. The number of hydrogen-bond donors (Lipinski definition) is 1. The minimum absolute atomic E-state index is 0.00700. The molecule has 0 aromatic heterocycles. The summed E-state index contributed by atoms with van der Waals surface area (Å²) in [6, 6.07) is 8.75. The predicted molar refractivity (Wildman–Crippen MR) is 107 cm³/mol. The summed E-state index contributed by atoms with van der Waals surface area (Å²) >= 11 is 6.00. The Bertz CT molecular complexity index is 992. The van der Waals surface area contributed by atoms with Gasteiger partial charge in [-0.25, -0.2) is 17.6 Å². The van der Waals surface area contributed by atoms with Gasteiger partial charge in [0.25, 0.3) is 5.91 Å². The number of hydrogen-bond acceptors (Lipinski definition) is 5. The summed E-state index contributed by atoms with van der Waals surface area (Å²) in [4.78, 5) is 24.1. The molecule has 0 saturated heterocycles. The van der Waals surface area contributed by atoms with E-state index in [0.29, 0.717) is 5.69 Å². The lowest BCUT2D eigenvalue weighted by Crippen LogP contribution is -2.30. The molecule has 7 nitrogen and oxygen atoms in total. The minimum atomic E-state index is -3.79. The molecule has 0 saturated carbocycles. The molecule has 0 unspecified atom stereocenters. The van der Waals surface area contributed by atoms with Gasteiger partial charge in [0.15, 0.2) is 6.61 Å². The first kappa shape index (κ1) is 22.8. The van der Waals surface area contributed by atoms with Crippen molar-refractivity contribution < 1.29 is 27.1 Å². The van der Waals surface area contributed by atoms with Crippen molar-refractivity contribution >= 4 is 39.2 Å². The van der Waals surface area contributed by atoms with E-state index in [4.69, 9.17) is 16.3 Å². The molecule has 0 atom stereocenters. The summed E-state index contributed by atoms with van der Waals surface area (Å²) in [6.45, 7) is 3.31. The van der Waals surface area contributed by atoms with Gasteiger partial charge in [-0.1, -0.05) is 25.4 Å². The predicted octanol–water partition coefficient (Wildman–Crippen LogP) is 3.31. The highest BCUT2D eigenvalue weighted by molar-refractivity contribution is 7.89. The maximum absolute atomic E-state index is 12.9. The van der Waals surface area contributed by atoms with Crippen molar-refractivity contribution in [3.63, 3.8) is 0 Å². The second-order valence-corrected chi connectivity index (χ2v) is 8.21. The Labute approximate surface area is 173 Å². The van der Waals surface area contributed by atoms with Crippen molar-refractivity contribution in [2.45, 2.75) is 18.7 Å². The molecule has 1 N–H and O–H groups in total. The molecule has 10 heteroatoms. The number of rotatable bonds is 8. The van der Waals surface area contributed by atoms with Gasteiger partial charge in [0, 0.05) is 18.8 Å². The van der Waals surface area contributed by atoms with Gasteiger partial charge >= 0.3 is 5.97 Å². The van der Waals surface area contributed by atoms with E-state index in [1.807, 2.05) is 0 Å². The molecule has 0 fully saturated rings. The fourth-order valence-corrected chi connectivity index (χ4v) is 4.15. The summed E-state index contributed by atoms with van der Waals surface area (Å²) in [6.07, 6.45) is 0. The molecule has 0 aliphatic rings. The number of esters is 1. The minimum Gasteiger partial charge on any atom is -0.452 e. The van der Waals surface area contributed by atoms with Crippen LogP contribution in [0, 0.1) is 5.82 Å². The van der Waals surface area contributed by atoms with E-state index < -0.39 is 34.3 Å². The van der Waals surface area contributed by atoms with Gasteiger partial charge in [-0.2, -0.15) is 4.31 Å². The van der Waals surface area contributed by atoms with Crippen LogP contribution in [0.5, 0.6) is 0 Å². The van der Waals surface area contributed by atoms with Crippen LogP contribution in [0.25, 0.3) is 0 Å². The van der Waals surface area contributed by atoms with Gasteiger partial charge in [-0.3, -0.25) is 4.79 Å². The van der Waals surface area contributed by atoms with Gasteiger partial charge in [0.2, 0.25) is 10.0 Å². The molecular weight excluding hydrogens is 423 g/mol. The molecule has 2 rings (SSSR count). The molecule has 2 aromatic rings. The van der Waals surface area contributed by atoms with Crippen LogP contribution in [0.15, 0.2) is 47.4 Å². The first-order valence-corrected chi connectivity index (χ1v) is 10.5. The molecule has 0 radical (unpaired) electrons. The summed E-state index contributed by atoms with van der Waals surface area (Å²) < 4.78 is 44.3. The summed E-state index contributed by atoms with van der Waals surface area (Å²) in [7, 11) is -3.79. The normalized spacial score (nSPS) is 11.3. The van der Waals surface area contributed by atoms with Gasteiger partial charge in [0.05, 0.1) is 15.5 Å². The van der Waals surface area contributed by atoms with Crippen LogP contribution in [0.2, 0.25) is 5.02 Å². The van der Waals surface area contributed by atoms with Crippen molar-refractivity contribution in [3.05, 3.63) is 58.9 Å². The number of benzene rings is 2. The molecule has 0 aliphatic carbocycles. The zero-order valence-corrected chi connectivity index (χ0v) is 17.4. The Morgan fingerprint density at radius 2 is 1.72 bits per heavy atom. The second kappa shape index (κ2) is 9.82. The van der Waals surface area contributed by atoms with Crippen LogP contribution < -0.4 is 5.32 Å². The monoisotopic (exact) mass is 442 g/mol. The maximum atomic E-state index is 12.9. The van der Waals surface area contributed by atoms with Crippen molar-refractivity contribution in [2.24, 2.45) is 0 Å². The number of sulfonamides is 1. The number of halogens is 2. The van der Waals surface area contributed by atoms with Gasteiger partial charge in [-0.15, -0.1) is 0 Å². The Balaban J connectivity index is 2.10. The highest BCUT2D eigenvalue weighted by Gasteiger charge is 2.24. The van der Waals surface area contributed by atoms with E-state index in [1.165, 1.54) is 40.7 Å². The fourth-order valence-electron chi connectivity index (χ4n) is 2.47. The molecule has 0 bridgehead atoms. The van der Waals surface area contributed by atoms with Crippen molar-refractivity contribution in [2.75, 3.05) is 25.0 Å². The summed E-state index contributed by atoms with van der Waals surface area (Å²) in [5.41, 5.74) is 0.160. The third-order valence-corrected chi connectivity index (χ3v) is 6.34. The first-order chi connectivity index (χ1) is 13.7. The molecule has 156 valence electrons. The maximum Gasteiger partial charge on any atom is 0.340 e. The number of carbonyl (C=O) groups is 2. The number of carbonyl (C=O) groups excluding carboxylic acids is 2. The van der Waals surface area contributed by atoms with Gasteiger partial charge in [0.1, 0.15) is 5.82 Å². The van der Waals surface area contributed by atoms with Gasteiger partial charge in [-0.05, 0) is 42.5 Å². The fraction of sp³-hybridized carbons (Fsp3) is 0.263. The van der Waals surface area contributed by atoms with Crippen LogP contribution in [0.4, 0.5) is 10.1 Å². The highest BCUT2D eigenvalue weighted by Crippen LogP contribution is 2.23. The van der Waals surface area contributed by atoms with E-state index in [1.54, 1.807) is 13.8 Å². The van der Waals surface area contributed by atoms with E-state index in [2.05, 4.69) is 5.32 Å². The third kappa shape index (κ3) is 5.75. The van der Waals surface area contributed by atoms with Crippen LogP contribution in [0.3, 0.4) is 0 Å². The van der Waals surface area contributed by atoms with Crippen LogP contribution in [-0.2, 0) is 19.6 Å². The van der Waals surface area contributed by atoms with Gasteiger partial charge < -0.3 is 10.1 Å². The zero-order valence-electron chi connectivity index (χ0n) is 15.8. The average Bonchev–Trinajstić information content (AvgIpc) is 2.69. The SMILES string of the molecule is CCN(CC)S(=O)(=O)c1ccc(Cl)c(C(=O)OCC(=O)Nc2ccc(F)cc2)c1. The van der Waals surface area contributed by atoms with E-state index in [0.717, 1.165) is 6.07 Å². The number of nitrogens with zero attached hydrogens (tertiary/aromatic N) is 1. The first-order valence-electron chi connectivity index (χ1n) is 8.71. The lowest BCUT2D eigenvalue weighted by atomic mass is 10.2. The molecule has 0 spiro atoms. The third-order valence-electron chi connectivity index (χ3n) is 3.96. The summed E-state index contributed by atoms with van der Waals surface area (Å²) in [5, 5.41) is 2.43. The van der Waals surface area contributed by atoms with Crippen LogP contribution in [-0.4, -0.2) is 44.3 Å². The van der Waals surface area contributed by atoms with E-state index in [9.17, 15) is 22.4 Å². The Morgan fingerprint density at radius 3 is 2.31 bits per heavy atom. The van der Waals surface area contributed by atoms with Crippen molar-refractivity contribution in [3.8, 4) is 0 Å². The van der Waals surface area contributed by atoms with Crippen LogP contribution >= 0.6 is 11.6 Å². The number of nitrogens with one attached hydrogen (secondary N) is 1. The molecule has 29 heavy (non-hydrogen) atoms. The largest absolute Gasteiger partial charge is 0.452 e. The lowest BCUT2D eigenvalue weighted by Gasteiger charge is -2.19. The Morgan fingerprint density at radius 1 is 1.10 bits per heavy atom. The number of ether oxygens (including phenoxy) is 1. The zero-order chi connectivity index (χ0) is 21.6. The molecule has 1 amide bonds. The Kier molecular flexibility index (Phi) is 7.72. The number of anilines is 1. The smallest absolute Gasteiger partial charge is 0.340 e. The van der Waals surface area contributed by atoms with Crippen molar-refractivity contribution in [1.82, 2.24) is 4.31 Å². The Hall–Kier alpha value is -2.49. The molecular formula is C19H20ClFN2O5S. The van der Waals surface area contributed by atoms with Crippen LogP contribution in [0.1, 0.15) is 24.2 Å². The number of amides is 1. The quantitative estimate of drug-likeness (QED) is 0.633. The summed E-state index contributed by atoms with van der Waals surface area (Å²) in [5.74, 6) is -2.04. The molecule has 2 aromatic carbocycles. The van der Waals surface area contributed by atoms with Crippen molar-refractivity contribution in [1.29, 1.82) is 0 Å². The average molecular weight is 443 g/mol. The van der Waals surface area contributed by atoms with E-state index in [-0.39, 0.29) is 28.6 Å². The lowest BCUT2D eigenvalue weighted by molar-refractivity contribution is -0.119. The molecule has 0 heterocycles. The van der Waals surface area contributed by atoms with E-state index >= 15 is 0 Å². The standard InChI is InChI=1S/C19H20ClFN2O5S/c1-3-23(4-2)29(26,27)15-9-10-17(20)16(11-15)19(25)28-12-18(24)22-14-7-5-13(21)6-8-14/h5-11H,3-4,12H2,1-2H3,(H,22,24).